The third-order valence-corrected chi connectivity index (χ3v) is 2.79. The van der Waals surface area contributed by atoms with E-state index in [1.807, 2.05) is 6.92 Å². The summed E-state index contributed by atoms with van der Waals surface area (Å²) in [5.74, 6) is 2.46. The van der Waals surface area contributed by atoms with Gasteiger partial charge in [-0.3, -0.25) is 0 Å². The zero-order valence-corrected chi connectivity index (χ0v) is 12.0. The number of unbranched alkanes of at least 4 members (excludes halogenated alkanes) is 2. The van der Waals surface area contributed by atoms with Gasteiger partial charge >= 0.3 is 0 Å². The topological polar surface area (TPSA) is 47.0 Å². The second-order valence-corrected chi connectivity index (χ2v) is 4.36. The van der Waals surface area contributed by atoms with E-state index in [0.717, 1.165) is 49.1 Å². The molecular formula is C14H25N3O. The highest BCUT2D eigenvalue weighted by atomic mass is 16.5. The second kappa shape index (κ2) is 7.90. The van der Waals surface area contributed by atoms with Crippen molar-refractivity contribution in [1.29, 1.82) is 0 Å². The zero-order valence-electron chi connectivity index (χ0n) is 12.0. The maximum absolute atomic E-state index is 5.78. The molecule has 102 valence electrons. The van der Waals surface area contributed by atoms with Crippen LogP contribution in [0.1, 0.15) is 51.4 Å². The minimum atomic E-state index is 0.730. The highest BCUT2D eigenvalue weighted by molar-refractivity contribution is 5.48. The predicted octanol–water partition coefficient (Wildman–Crippen LogP) is 3.35. The van der Waals surface area contributed by atoms with E-state index in [-0.39, 0.29) is 0 Å². The summed E-state index contributed by atoms with van der Waals surface area (Å²) in [6.07, 6.45) is 4.31. The molecule has 1 rings (SSSR count). The van der Waals surface area contributed by atoms with E-state index in [0.29, 0.717) is 0 Å². The van der Waals surface area contributed by atoms with Crippen molar-refractivity contribution in [1.82, 2.24) is 9.97 Å². The van der Waals surface area contributed by atoms with Crippen LogP contribution in [0.4, 0.5) is 5.82 Å². The number of hydrogen-bond donors (Lipinski definition) is 1. The van der Waals surface area contributed by atoms with Crippen LogP contribution in [0.25, 0.3) is 0 Å². The summed E-state index contributed by atoms with van der Waals surface area (Å²) in [4.78, 5) is 8.94. The van der Waals surface area contributed by atoms with Gasteiger partial charge in [0.15, 0.2) is 0 Å². The Balaban J connectivity index is 2.77. The number of ether oxygens (including phenoxy) is 1. The average Bonchev–Trinajstić information content (AvgIpc) is 2.38. The molecule has 0 saturated heterocycles. The Morgan fingerprint density at radius 3 is 2.50 bits per heavy atom. The summed E-state index contributed by atoms with van der Waals surface area (Å²) in [7, 11) is 0. The number of nitrogens with one attached hydrogen (secondary N) is 1. The predicted molar refractivity (Wildman–Crippen MR) is 75.3 cm³/mol. The first-order valence-electron chi connectivity index (χ1n) is 6.97. The van der Waals surface area contributed by atoms with Crippen molar-refractivity contribution in [3.05, 3.63) is 11.4 Å². The molecule has 0 aliphatic carbocycles. The highest BCUT2D eigenvalue weighted by Gasteiger charge is 2.10. The van der Waals surface area contributed by atoms with E-state index in [4.69, 9.17) is 4.74 Å². The molecule has 4 nitrogen and oxygen atoms in total. The summed E-state index contributed by atoms with van der Waals surface area (Å²) in [5.41, 5.74) is 1.01. The Morgan fingerprint density at radius 1 is 1.11 bits per heavy atom. The van der Waals surface area contributed by atoms with Gasteiger partial charge in [0.2, 0.25) is 5.88 Å². The van der Waals surface area contributed by atoms with Crippen molar-refractivity contribution in [2.75, 3.05) is 18.5 Å². The van der Waals surface area contributed by atoms with Crippen molar-refractivity contribution in [2.24, 2.45) is 0 Å². The molecule has 1 N–H and O–H groups in total. The first-order valence-corrected chi connectivity index (χ1v) is 6.97. The third-order valence-electron chi connectivity index (χ3n) is 2.79. The molecule has 0 bridgehead atoms. The number of aromatic nitrogens is 2. The Labute approximate surface area is 110 Å². The molecule has 1 heterocycles. The number of anilines is 1. The third kappa shape index (κ3) is 4.17. The van der Waals surface area contributed by atoms with Gasteiger partial charge in [-0.1, -0.05) is 26.7 Å². The van der Waals surface area contributed by atoms with E-state index >= 15 is 0 Å². The lowest BCUT2D eigenvalue weighted by atomic mass is 10.2. The number of rotatable bonds is 8. The van der Waals surface area contributed by atoms with Crippen LogP contribution >= 0.6 is 0 Å². The summed E-state index contributed by atoms with van der Waals surface area (Å²) < 4.78 is 5.78. The second-order valence-electron chi connectivity index (χ2n) is 4.36. The van der Waals surface area contributed by atoms with Crippen LogP contribution < -0.4 is 10.1 Å². The monoisotopic (exact) mass is 251 g/mol. The fourth-order valence-electron chi connectivity index (χ4n) is 1.70. The molecular weight excluding hydrogens is 226 g/mol. The molecule has 0 fully saturated rings. The first kappa shape index (κ1) is 14.7. The van der Waals surface area contributed by atoms with Crippen LogP contribution in [0.3, 0.4) is 0 Å². The van der Waals surface area contributed by atoms with Gasteiger partial charge in [0.1, 0.15) is 11.6 Å². The highest BCUT2D eigenvalue weighted by Crippen LogP contribution is 2.22. The SMILES string of the molecule is CCCCCOc1nc(CC)nc(NCC)c1C. The van der Waals surface area contributed by atoms with E-state index in [1.165, 1.54) is 12.8 Å². The summed E-state index contributed by atoms with van der Waals surface area (Å²) in [5, 5.41) is 3.26. The van der Waals surface area contributed by atoms with Crippen molar-refractivity contribution < 1.29 is 4.74 Å². The molecule has 1 aromatic rings. The van der Waals surface area contributed by atoms with E-state index in [2.05, 4.69) is 36.1 Å². The number of nitrogens with zero attached hydrogens (tertiary/aromatic N) is 2. The molecule has 0 atom stereocenters. The average molecular weight is 251 g/mol. The molecule has 18 heavy (non-hydrogen) atoms. The minimum Gasteiger partial charge on any atom is -0.477 e. The molecule has 0 saturated carbocycles. The molecule has 0 unspecified atom stereocenters. The van der Waals surface area contributed by atoms with Crippen molar-refractivity contribution in [2.45, 2.75) is 53.4 Å². The standard InChI is InChI=1S/C14H25N3O/c1-5-8-9-10-18-14-11(4)13(15-7-3)16-12(6-2)17-14/h5-10H2,1-4H3,(H,15,16,17). The van der Waals surface area contributed by atoms with Crippen LogP contribution in [0, 0.1) is 6.92 Å². The molecule has 0 aliphatic heterocycles. The van der Waals surface area contributed by atoms with Crippen LogP contribution in [0.2, 0.25) is 0 Å². The molecule has 0 radical (unpaired) electrons. The molecule has 1 aromatic heterocycles. The molecule has 0 amide bonds. The smallest absolute Gasteiger partial charge is 0.221 e. The normalized spacial score (nSPS) is 10.4. The van der Waals surface area contributed by atoms with Gasteiger partial charge in [-0.15, -0.1) is 0 Å². The molecule has 4 heteroatoms. The Bertz CT molecular complexity index is 366. The maximum atomic E-state index is 5.78. The maximum Gasteiger partial charge on any atom is 0.221 e. The summed E-state index contributed by atoms with van der Waals surface area (Å²) >= 11 is 0. The van der Waals surface area contributed by atoms with E-state index in [9.17, 15) is 0 Å². The fourth-order valence-corrected chi connectivity index (χ4v) is 1.70. The Hall–Kier alpha value is -1.32. The lowest BCUT2D eigenvalue weighted by molar-refractivity contribution is 0.291. The van der Waals surface area contributed by atoms with E-state index < -0.39 is 0 Å². The van der Waals surface area contributed by atoms with Crippen molar-refractivity contribution in [3.8, 4) is 5.88 Å². The van der Waals surface area contributed by atoms with Crippen LogP contribution in [-0.2, 0) is 6.42 Å². The number of aryl methyl sites for hydroxylation is 1. The van der Waals surface area contributed by atoms with Crippen LogP contribution in [-0.4, -0.2) is 23.1 Å². The summed E-state index contributed by atoms with van der Waals surface area (Å²) in [6, 6.07) is 0. The first-order chi connectivity index (χ1) is 8.72. The number of hydrogen-bond acceptors (Lipinski definition) is 4. The lowest BCUT2D eigenvalue weighted by Crippen LogP contribution is -2.09. The van der Waals surface area contributed by atoms with Crippen LogP contribution in [0.5, 0.6) is 5.88 Å². The van der Waals surface area contributed by atoms with Gasteiger partial charge in [0, 0.05) is 13.0 Å². The minimum absolute atomic E-state index is 0.730. The fraction of sp³-hybridized carbons (Fsp3) is 0.714. The lowest BCUT2D eigenvalue weighted by Gasteiger charge is -2.13. The molecule has 0 spiro atoms. The van der Waals surface area contributed by atoms with Gasteiger partial charge in [-0.2, -0.15) is 4.98 Å². The van der Waals surface area contributed by atoms with Gasteiger partial charge in [-0.25, -0.2) is 4.98 Å². The Morgan fingerprint density at radius 2 is 1.89 bits per heavy atom. The Kier molecular flexibility index (Phi) is 6.47. The van der Waals surface area contributed by atoms with Gasteiger partial charge in [-0.05, 0) is 20.3 Å². The molecule has 0 aliphatic rings. The van der Waals surface area contributed by atoms with Crippen molar-refractivity contribution in [3.63, 3.8) is 0 Å². The largest absolute Gasteiger partial charge is 0.477 e. The zero-order chi connectivity index (χ0) is 13.4. The molecule has 0 aromatic carbocycles. The van der Waals surface area contributed by atoms with Gasteiger partial charge in [0.25, 0.3) is 0 Å². The van der Waals surface area contributed by atoms with Gasteiger partial charge < -0.3 is 10.1 Å². The quantitative estimate of drug-likeness (QED) is 0.720. The van der Waals surface area contributed by atoms with Gasteiger partial charge in [0.05, 0.1) is 12.2 Å². The summed E-state index contributed by atoms with van der Waals surface area (Å²) in [6.45, 7) is 9.91. The van der Waals surface area contributed by atoms with E-state index in [1.54, 1.807) is 0 Å². The van der Waals surface area contributed by atoms with Crippen molar-refractivity contribution >= 4 is 5.82 Å². The van der Waals surface area contributed by atoms with Crippen LogP contribution in [0.15, 0.2) is 0 Å².